The zero-order valence-electron chi connectivity index (χ0n) is 18.8. The summed E-state index contributed by atoms with van der Waals surface area (Å²) in [4.78, 5) is 37.2. The molecule has 0 radical (unpaired) electrons. The van der Waals surface area contributed by atoms with Crippen LogP contribution in [0.15, 0.2) is 70.0 Å². The molecule has 1 saturated heterocycles. The van der Waals surface area contributed by atoms with Crippen molar-refractivity contribution in [2.45, 2.75) is 13.2 Å². The van der Waals surface area contributed by atoms with Gasteiger partial charge in [0.1, 0.15) is 12.4 Å². The number of nitro groups is 1. The zero-order valence-corrected chi connectivity index (χ0v) is 21.2. The molecular weight excluding hydrogens is 555 g/mol. The Morgan fingerprint density at radius 1 is 1.11 bits per heavy atom. The predicted molar refractivity (Wildman–Crippen MR) is 136 cm³/mol. The Kier molecular flexibility index (Phi) is 7.70. The molecule has 36 heavy (non-hydrogen) atoms. The Morgan fingerprint density at radius 3 is 2.61 bits per heavy atom. The van der Waals surface area contributed by atoms with Gasteiger partial charge in [0.25, 0.3) is 16.8 Å². The number of carbonyl (C=O) groups is 2. The fraction of sp³-hybridized carbons (Fsp3) is 0.120. The van der Waals surface area contributed by atoms with Crippen LogP contribution in [0.3, 0.4) is 0 Å². The number of non-ortho nitro benzene ring substituents is 1. The molecule has 1 aliphatic heterocycles. The minimum atomic E-state index is -0.536. The lowest BCUT2D eigenvalue weighted by molar-refractivity contribution is -0.384. The van der Waals surface area contributed by atoms with E-state index >= 15 is 0 Å². The summed E-state index contributed by atoms with van der Waals surface area (Å²) in [6.07, 6.45) is 1.55. The summed E-state index contributed by atoms with van der Waals surface area (Å²) in [5.74, 6) is -0.171. The smallest absolute Gasteiger partial charge is 0.293 e. The highest BCUT2D eigenvalue weighted by Crippen LogP contribution is 2.38. The van der Waals surface area contributed by atoms with Crippen molar-refractivity contribution in [2.24, 2.45) is 0 Å². The molecule has 184 valence electrons. The molecule has 3 aromatic carbocycles. The molecular formula is C25H18BrFN2O6S. The molecule has 0 N–H and O–H groups in total. The summed E-state index contributed by atoms with van der Waals surface area (Å²) >= 11 is 4.22. The van der Waals surface area contributed by atoms with Gasteiger partial charge in [0.05, 0.1) is 23.5 Å². The molecule has 1 fully saturated rings. The van der Waals surface area contributed by atoms with E-state index in [-0.39, 0.29) is 29.6 Å². The van der Waals surface area contributed by atoms with Crippen molar-refractivity contribution < 1.29 is 28.4 Å². The highest BCUT2D eigenvalue weighted by molar-refractivity contribution is 9.10. The van der Waals surface area contributed by atoms with Crippen LogP contribution >= 0.6 is 27.7 Å². The number of carbonyl (C=O) groups excluding carboxylic acids is 2. The second-order valence-electron chi connectivity index (χ2n) is 7.60. The molecule has 3 aromatic rings. The van der Waals surface area contributed by atoms with Crippen molar-refractivity contribution in [3.63, 3.8) is 0 Å². The lowest BCUT2D eigenvalue weighted by atomic mass is 10.1. The molecule has 0 aliphatic carbocycles. The maximum atomic E-state index is 13.9. The summed E-state index contributed by atoms with van der Waals surface area (Å²) < 4.78 is 25.6. The van der Waals surface area contributed by atoms with E-state index in [9.17, 15) is 24.1 Å². The molecule has 4 rings (SSSR count). The van der Waals surface area contributed by atoms with Crippen LogP contribution < -0.4 is 9.47 Å². The monoisotopic (exact) mass is 572 g/mol. The number of nitrogens with zero attached hydrogens (tertiary/aromatic N) is 2. The molecule has 11 heteroatoms. The van der Waals surface area contributed by atoms with E-state index in [1.807, 2.05) is 0 Å². The quantitative estimate of drug-likeness (QED) is 0.177. The molecule has 2 amide bonds. The lowest BCUT2D eigenvalue weighted by Gasteiger charge is -2.14. The fourth-order valence-electron chi connectivity index (χ4n) is 3.43. The van der Waals surface area contributed by atoms with Gasteiger partial charge in [0.15, 0.2) is 11.5 Å². The number of benzene rings is 3. The molecule has 0 atom stereocenters. The van der Waals surface area contributed by atoms with E-state index in [1.54, 1.807) is 42.5 Å². The van der Waals surface area contributed by atoms with Gasteiger partial charge in [-0.15, -0.1) is 0 Å². The highest BCUT2D eigenvalue weighted by atomic mass is 79.9. The SMILES string of the molecule is COc1cc(/C=C2/SC(=O)N(Cc3cccc([N+](=O)[O-])c3)C2=O)c(Br)cc1OCc1ccccc1F. The Hall–Kier alpha value is -3.70. The molecule has 0 bridgehead atoms. The first-order chi connectivity index (χ1) is 17.3. The van der Waals surface area contributed by atoms with Crippen molar-refractivity contribution >= 4 is 50.6 Å². The Morgan fingerprint density at radius 2 is 1.89 bits per heavy atom. The number of amides is 2. The fourth-order valence-corrected chi connectivity index (χ4v) is 4.70. The van der Waals surface area contributed by atoms with Gasteiger partial charge >= 0.3 is 0 Å². The largest absolute Gasteiger partial charge is 0.493 e. The van der Waals surface area contributed by atoms with Crippen LogP contribution in [-0.2, 0) is 17.9 Å². The van der Waals surface area contributed by atoms with Gasteiger partial charge in [-0.3, -0.25) is 24.6 Å². The second-order valence-corrected chi connectivity index (χ2v) is 9.45. The van der Waals surface area contributed by atoms with Gasteiger partial charge in [-0.25, -0.2) is 4.39 Å². The maximum absolute atomic E-state index is 13.9. The van der Waals surface area contributed by atoms with Crippen molar-refractivity contribution in [2.75, 3.05) is 7.11 Å². The van der Waals surface area contributed by atoms with E-state index in [2.05, 4.69) is 15.9 Å². The number of thioether (sulfide) groups is 1. The van der Waals surface area contributed by atoms with Crippen LogP contribution in [0, 0.1) is 15.9 Å². The third-order valence-corrected chi connectivity index (χ3v) is 6.84. The molecule has 0 unspecified atom stereocenters. The lowest BCUT2D eigenvalue weighted by Crippen LogP contribution is -2.27. The van der Waals surface area contributed by atoms with Crippen molar-refractivity contribution in [1.29, 1.82) is 0 Å². The van der Waals surface area contributed by atoms with E-state index in [4.69, 9.17) is 9.47 Å². The van der Waals surface area contributed by atoms with Crippen molar-refractivity contribution in [1.82, 2.24) is 4.90 Å². The first-order valence-electron chi connectivity index (χ1n) is 10.5. The zero-order chi connectivity index (χ0) is 25.8. The molecule has 1 aliphatic rings. The second kappa shape index (κ2) is 10.9. The number of hydrogen-bond donors (Lipinski definition) is 0. The van der Waals surface area contributed by atoms with E-state index in [0.29, 0.717) is 32.7 Å². The Labute approximate surface area is 218 Å². The maximum Gasteiger partial charge on any atom is 0.293 e. The van der Waals surface area contributed by atoms with Gasteiger partial charge in [-0.05, 0) is 47.2 Å². The summed E-state index contributed by atoms with van der Waals surface area (Å²) in [6.45, 7) is -0.0949. The topological polar surface area (TPSA) is 99.0 Å². The predicted octanol–water partition coefficient (Wildman–Crippen LogP) is 6.32. The number of ether oxygens (including phenoxy) is 2. The molecule has 8 nitrogen and oxygen atoms in total. The molecule has 0 spiro atoms. The van der Waals surface area contributed by atoms with Gasteiger partial charge in [-0.1, -0.05) is 46.3 Å². The summed E-state index contributed by atoms with van der Waals surface area (Å²) in [5.41, 5.74) is 1.29. The minimum Gasteiger partial charge on any atom is -0.493 e. The van der Waals surface area contributed by atoms with Crippen LogP contribution in [0.1, 0.15) is 16.7 Å². The van der Waals surface area contributed by atoms with Crippen molar-refractivity contribution in [3.05, 3.63) is 103 Å². The summed E-state index contributed by atoms with van der Waals surface area (Å²) in [5, 5.41) is 10.5. The van der Waals surface area contributed by atoms with Crippen LogP contribution in [-0.4, -0.2) is 28.1 Å². The van der Waals surface area contributed by atoms with E-state index < -0.39 is 16.1 Å². The first kappa shape index (κ1) is 25.4. The molecule has 1 heterocycles. The molecule has 0 saturated carbocycles. The van der Waals surface area contributed by atoms with Crippen molar-refractivity contribution in [3.8, 4) is 11.5 Å². The number of imide groups is 1. The number of methoxy groups -OCH3 is 1. The van der Waals surface area contributed by atoms with E-state index in [0.717, 1.165) is 16.7 Å². The summed E-state index contributed by atoms with van der Waals surface area (Å²) in [6, 6.07) is 15.3. The minimum absolute atomic E-state index is 0.00857. The van der Waals surface area contributed by atoms with E-state index in [1.165, 1.54) is 31.4 Å². The van der Waals surface area contributed by atoms with Gasteiger partial charge < -0.3 is 9.47 Å². The Balaban J connectivity index is 1.54. The third kappa shape index (κ3) is 5.58. The highest BCUT2D eigenvalue weighted by Gasteiger charge is 2.35. The van der Waals surface area contributed by atoms with Crippen LogP contribution in [0.25, 0.3) is 6.08 Å². The molecule has 0 aromatic heterocycles. The van der Waals surface area contributed by atoms with Crippen LogP contribution in [0.5, 0.6) is 11.5 Å². The normalized spacial score (nSPS) is 14.4. The van der Waals surface area contributed by atoms with Gasteiger partial charge in [0, 0.05) is 22.2 Å². The van der Waals surface area contributed by atoms with Gasteiger partial charge in [-0.2, -0.15) is 0 Å². The third-order valence-electron chi connectivity index (χ3n) is 5.25. The Bertz CT molecular complexity index is 1400. The standard InChI is InChI=1S/C25H18BrFN2O6S/c1-34-21-10-17(19(26)12-22(21)35-14-16-6-2-3-8-20(16)27)11-23-24(30)28(25(31)36-23)13-15-5-4-7-18(9-15)29(32)33/h2-12H,13-14H2,1H3/b23-11+. The number of halogens is 2. The number of hydrogen-bond acceptors (Lipinski definition) is 7. The average Bonchev–Trinajstić information content (AvgIpc) is 3.12. The summed E-state index contributed by atoms with van der Waals surface area (Å²) in [7, 11) is 1.45. The number of nitro benzene ring substituents is 1. The number of rotatable bonds is 8. The van der Waals surface area contributed by atoms with Gasteiger partial charge in [0.2, 0.25) is 0 Å². The van der Waals surface area contributed by atoms with Crippen LogP contribution in [0.4, 0.5) is 14.9 Å². The average molecular weight is 573 g/mol. The van der Waals surface area contributed by atoms with Crippen LogP contribution in [0.2, 0.25) is 0 Å². The first-order valence-corrected chi connectivity index (χ1v) is 12.1.